The Kier molecular flexibility index (Phi) is 74.6. The molecule has 0 nitrogen and oxygen atoms in total. The van der Waals surface area contributed by atoms with Gasteiger partial charge in [-0.25, -0.2) is 12.1 Å². The maximum absolute atomic E-state index is 2.00. The van der Waals surface area contributed by atoms with Gasteiger partial charge in [0.05, 0.1) is 0 Å². The summed E-state index contributed by atoms with van der Waals surface area (Å²) in [5.74, 6) is 0. The Morgan fingerprint density at radius 3 is 1.20 bits per heavy atom. The molecule has 1 aromatic rings. The third-order valence-corrected chi connectivity index (χ3v) is 0.556. The van der Waals surface area contributed by atoms with Crippen molar-refractivity contribution in [3.05, 3.63) is 37.8 Å². The zero-order valence-electron chi connectivity index (χ0n) is 5.52. The number of hydrogen-bond acceptors (Lipinski definition) is 0. The summed E-state index contributed by atoms with van der Waals surface area (Å²) >= 11 is 0. The van der Waals surface area contributed by atoms with Crippen molar-refractivity contribution in [1.82, 2.24) is 0 Å². The minimum absolute atomic E-state index is 0. The molecule has 0 aliphatic rings. The van der Waals surface area contributed by atoms with Crippen molar-refractivity contribution < 1.29 is 40.0 Å². The molecule has 0 N–H and O–H groups in total. The summed E-state index contributed by atoms with van der Waals surface area (Å²) in [6.07, 6.45) is 0. The molecule has 1 aromatic carbocycles. The van der Waals surface area contributed by atoms with Crippen LogP contribution in [0.5, 0.6) is 0 Å². The molecule has 1 rings (SSSR count). The van der Waals surface area contributed by atoms with Crippen molar-refractivity contribution >= 4 is 0 Å². The topological polar surface area (TPSA) is 0 Å². The zero-order valence-corrected chi connectivity index (χ0v) is 9.11. The van der Waals surface area contributed by atoms with E-state index in [1.54, 1.807) is 0 Å². The molecule has 0 atom stereocenters. The van der Waals surface area contributed by atoms with Crippen molar-refractivity contribution in [2.45, 2.75) is 0 Å². The molecule has 0 heterocycles. The van der Waals surface area contributed by atoms with Crippen LogP contribution in [0.15, 0.2) is 30.3 Å². The Labute approximate surface area is 77.9 Å². The zero-order chi connectivity index (χ0) is 3.54. The molecular formula is C6H8F3Hf-5. The van der Waals surface area contributed by atoms with Gasteiger partial charge in [-0.2, -0.15) is 18.2 Å². The second-order valence-electron chi connectivity index (χ2n) is 0.962. The molecule has 0 aliphatic carbocycles. The van der Waals surface area contributed by atoms with E-state index in [9.17, 15) is 0 Å². The van der Waals surface area contributed by atoms with Gasteiger partial charge in [-0.1, -0.05) is 0 Å². The van der Waals surface area contributed by atoms with E-state index in [1.165, 1.54) is 0 Å². The molecule has 0 saturated heterocycles. The van der Waals surface area contributed by atoms with Gasteiger partial charge < -0.3 is 21.5 Å². The summed E-state index contributed by atoms with van der Waals surface area (Å²) in [5, 5.41) is 0. The van der Waals surface area contributed by atoms with Crippen molar-refractivity contribution in [3.8, 4) is 0 Å². The number of rotatable bonds is 0. The van der Waals surface area contributed by atoms with E-state index >= 15 is 0 Å². The Bertz CT molecular complexity index is 69.5. The van der Waals surface area contributed by atoms with E-state index in [0.717, 1.165) is 0 Å². The van der Waals surface area contributed by atoms with Gasteiger partial charge in [0, 0.05) is 25.8 Å². The van der Waals surface area contributed by atoms with E-state index in [0.29, 0.717) is 0 Å². The Balaban J connectivity index is -0.0000000167. The van der Waals surface area contributed by atoms with Crippen LogP contribution in [0.25, 0.3) is 0 Å². The van der Waals surface area contributed by atoms with Crippen LogP contribution < -0.4 is 14.1 Å². The summed E-state index contributed by atoms with van der Waals surface area (Å²) in [6, 6.07) is 10.0. The molecule has 0 saturated carbocycles. The van der Waals surface area contributed by atoms with Crippen LogP contribution in [-0.4, -0.2) is 0 Å². The molecule has 62 valence electrons. The predicted octanol–water partition coefficient (Wildman–Crippen LogP) is -7.13. The van der Waals surface area contributed by atoms with Crippen molar-refractivity contribution in [2.75, 3.05) is 0 Å². The first-order chi connectivity index (χ1) is 2.50. The molecule has 0 amide bonds. The second kappa shape index (κ2) is 23.0. The molecule has 0 spiro atoms. The quantitative estimate of drug-likeness (QED) is 0.330. The first-order valence-electron chi connectivity index (χ1n) is 1.67. The van der Waals surface area contributed by atoms with Gasteiger partial charge in [-0.15, -0.1) is 0 Å². The summed E-state index contributed by atoms with van der Waals surface area (Å²) in [7, 11) is 0. The van der Waals surface area contributed by atoms with Gasteiger partial charge in [-0.3, -0.25) is 0 Å². The first kappa shape index (κ1) is 32.4. The smallest absolute Gasteiger partial charge is 0 e. The molecule has 4 heteroatoms. The van der Waals surface area contributed by atoms with Gasteiger partial charge in [0.15, 0.2) is 0 Å². The summed E-state index contributed by atoms with van der Waals surface area (Å²) in [6.45, 7) is 0. The fourth-order valence-electron chi connectivity index (χ4n) is 0.321. The molecule has 0 aliphatic heterocycles. The van der Waals surface area contributed by atoms with Crippen LogP contribution in [0.3, 0.4) is 0 Å². The predicted molar refractivity (Wildman–Crippen MR) is 28.4 cm³/mol. The van der Waals surface area contributed by atoms with E-state index < -0.39 is 0 Å². The molecule has 0 unspecified atom stereocenters. The Morgan fingerprint density at radius 2 is 1.10 bits per heavy atom. The normalized spacial score (nSPS) is 4.00. The van der Waals surface area contributed by atoms with Gasteiger partial charge in [0.25, 0.3) is 0 Å². The molecular weight excluding hydrogens is 308 g/mol. The monoisotopic (exact) mass is 317 g/mol. The minimum atomic E-state index is 0. The SMILES string of the molecule is [CH3-].[F-].[F-].[F-].[Hf].c1cc[cH-]c1. The Hall–Kier alpha value is 0.0101. The second-order valence-corrected chi connectivity index (χ2v) is 0.962. The fraction of sp³-hybridized carbons (Fsp3) is 0. The first-order valence-corrected chi connectivity index (χ1v) is 1.67. The van der Waals surface area contributed by atoms with E-state index in [2.05, 4.69) is 0 Å². The third kappa shape index (κ3) is 15.7. The van der Waals surface area contributed by atoms with E-state index in [-0.39, 0.29) is 47.4 Å². The maximum Gasteiger partial charge on any atom is 0 e. The number of halogens is 3. The summed E-state index contributed by atoms with van der Waals surface area (Å²) < 4.78 is 0. The summed E-state index contributed by atoms with van der Waals surface area (Å²) in [4.78, 5) is 0. The van der Waals surface area contributed by atoms with Gasteiger partial charge >= 0.3 is 0 Å². The fourth-order valence-corrected chi connectivity index (χ4v) is 0.321. The van der Waals surface area contributed by atoms with Crippen LogP contribution in [-0.2, 0) is 25.8 Å². The Morgan fingerprint density at radius 1 is 0.800 bits per heavy atom. The van der Waals surface area contributed by atoms with Crippen LogP contribution in [0.2, 0.25) is 0 Å². The van der Waals surface area contributed by atoms with Crippen molar-refractivity contribution in [1.29, 1.82) is 0 Å². The molecule has 0 bridgehead atoms. The van der Waals surface area contributed by atoms with Gasteiger partial charge in [0.2, 0.25) is 0 Å². The van der Waals surface area contributed by atoms with Crippen LogP contribution in [0.4, 0.5) is 0 Å². The number of hydrogen-bond donors (Lipinski definition) is 0. The molecule has 0 aromatic heterocycles. The van der Waals surface area contributed by atoms with E-state index in [1.807, 2.05) is 30.3 Å². The van der Waals surface area contributed by atoms with Crippen molar-refractivity contribution in [2.24, 2.45) is 0 Å². The van der Waals surface area contributed by atoms with Crippen LogP contribution in [0.1, 0.15) is 0 Å². The average molecular weight is 316 g/mol. The summed E-state index contributed by atoms with van der Waals surface area (Å²) in [5.41, 5.74) is 0. The van der Waals surface area contributed by atoms with Gasteiger partial charge in [0.1, 0.15) is 0 Å². The van der Waals surface area contributed by atoms with E-state index in [4.69, 9.17) is 0 Å². The minimum Gasteiger partial charge on any atom is -1.00 e. The van der Waals surface area contributed by atoms with Crippen LogP contribution >= 0.6 is 0 Å². The molecule has 0 fully saturated rings. The van der Waals surface area contributed by atoms with Crippen molar-refractivity contribution in [3.63, 3.8) is 0 Å². The molecule has 0 radical (unpaired) electrons. The van der Waals surface area contributed by atoms with Crippen LogP contribution in [0, 0.1) is 7.43 Å². The third-order valence-electron chi connectivity index (χ3n) is 0.556. The molecule has 10 heavy (non-hydrogen) atoms. The standard InChI is InChI=1S/C5H5.CH3.3FH.Hf/c1-2-4-5-3-1;;;;;/h1-5H;1H3;3*1H;/q2*-1;;;;/p-3. The largest absolute Gasteiger partial charge is 1.00 e. The maximum atomic E-state index is 2.00. The average Bonchev–Trinajstić information content (AvgIpc) is 1.76. The van der Waals surface area contributed by atoms with Gasteiger partial charge in [-0.05, 0) is 0 Å².